The summed E-state index contributed by atoms with van der Waals surface area (Å²) >= 11 is 0. The van der Waals surface area contributed by atoms with Crippen molar-refractivity contribution >= 4 is 0 Å². The van der Waals surface area contributed by atoms with Crippen LogP contribution in [0.5, 0.6) is 0 Å². The van der Waals surface area contributed by atoms with Crippen molar-refractivity contribution in [2.24, 2.45) is 5.92 Å². The third-order valence-electron chi connectivity index (χ3n) is 3.77. The van der Waals surface area contributed by atoms with Gasteiger partial charge in [0.2, 0.25) is 0 Å². The van der Waals surface area contributed by atoms with Crippen molar-refractivity contribution in [2.75, 3.05) is 46.7 Å². The molecule has 4 nitrogen and oxygen atoms in total. The first-order chi connectivity index (χ1) is 9.38. The highest BCUT2D eigenvalue weighted by Gasteiger charge is 2.25. The molecular weight excluding hydrogens is 242 g/mol. The predicted octanol–water partition coefficient (Wildman–Crippen LogP) is 2.22. The topological polar surface area (TPSA) is 39.7 Å². The first-order valence-electron chi connectivity index (χ1n) is 7.76. The minimum absolute atomic E-state index is 0.699. The molecule has 1 N–H and O–H groups in total. The number of nitrogens with one attached hydrogen (secondary N) is 1. The summed E-state index contributed by atoms with van der Waals surface area (Å²) in [4.78, 5) is 0. The lowest BCUT2D eigenvalue weighted by Crippen LogP contribution is -2.32. The maximum atomic E-state index is 5.64. The van der Waals surface area contributed by atoms with Crippen molar-refractivity contribution in [3.63, 3.8) is 0 Å². The number of hydrogen-bond donors (Lipinski definition) is 1. The van der Waals surface area contributed by atoms with E-state index in [0.29, 0.717) is 13.2 Å². The highest BCUT2D eigenvalue weighted by molar-refractivity contribution is 4.82. The van der Waals surface area contributed by atoms with Crippen LogP contribution < -0.4 is 5.32 Å². The zero-order chi connectivity index (χ0) is 13.8. The van der Waals surface area contributed by atoms with Crippen LogP contribution >= 0.6 is 0 Å². The minimum atomic E-state index is 0.699. The maximum Gasteiger partial charge on any atom is 0.0700 e. The second-order valence-corrected chi connectivity index (χ2v) is 5.21. The van der Waals surface area contributed by atoms with Crippen LogP contribution in [0.1, 0.15) is 39.0 Å². The Bertz CT molecular complexity index is 202. The van der Waals surface area contributed by atoms with E-state index in [2.05, 4.69) is 12.2 Å². The third kappa shape index (κ3) is 7.88. The lowest BCUT2D eigenvalue weighted by atomic mass is 10.0. The number of ether oxygens (including phenoxy) is 3. The van der Waals surface area contributed by atoms with Crippen molar-refractivity contribution in [1.82, 2.24) is 5.32 Å². The second kappa shape index (κ2) is 11.6. The van der Waals surface area contributed by atoms with E-state index in [1.807, 2.05) is 0 Å². The lowest BCUT2D eigenvalue weighted by Gasteiger charge is -2.20. The van der Waals surface area contributed by atoms with E-state index in [1.54, 1.807) is 7.11 Å². The van der Waals surface area contributed by atoms with E-state index in [-0.39, 0.29) is 0 Å². The van der Waals surface area contributed by atoms with Gasteiger partial charge in [-0.2, -0.15) is 0 Å². The molecule has 0 aliphatic heterocycles. The molecule has 1 rings (SSSR count). The molecule has 0 saturated heterocycles. The fourth-order valence-electron chi connectivity index (χ4n) is 2.78. The molecule has 1 aliphatic rings. The van der Waals surface area contributed by atoms with Gasteiger partial charge < -0.3 is 19.5 Å². The Labute approximate surface area is 118 Å². The SMILES string of the molecule is CCNC1CCCC1CCOCCOCCCOC. The third-order valence-corrected chi connectivity index (χ3v) is 3.77. The van der Waals surface area contributed by atoms with Crippen molar-refractivity contribution in [3.05, 3.63) is 0 Å². The van der Waals surface area contributed by atoms with Gasteiger partial charge in [0.05, 0.1) is 13.2 Å². The quantitative estimate of drug-likeness (QED) is 0.554. The van der Waals surface area contributed by atoms with Crippen molar-refractivity contribution < 1.29 is 14.2 Å². The molecule has 0 amide bonds. The van der Waals surface area contributed by atoms with Gasteiger partial charge in [-0.1, -0.05) is 13.3 Å². The maximum absolute atomic E-state index is 5.64. The fourth-order valence-corrected chi connectivity index (χ4v) is 2.78. The van der Waals surface area contributed by atoms with E-state index >= 15 is 0 Å². The molecule has 0 radical (unpaired) electrons. The van der Waals surface area contributed by atoms with E-state index in [1.165, 1.54) is 25.7 Å². The van der Waals surface area contributed by atoms with Crippen LogP contribution in [-0.4, -0.2) is 52.7 Å². The van der Waals surface area contributed by atoms with Crippen LogP contribution in [0.2, 0.25) is 0 Å². The van der Waals surface area contributed by atoms with Gasteiger partial charge in [0.15, 0.2) is 0 Å². The Hall–Kier alpha value is -0.160. The summed E-state index contributed by atoms with van der Waals surface area (Å²) in [6.07, 6.45) is 6.20. The molecule has 19 heavy (non-hydrogen) atoms. The Balaban J connectivity index is 1.87. The van der Waals surface area contributed by atoms with E-state index in [0.717, 1.165) is 44.7 Å². The van der Waals surface area contributed by atoms with Crippen LogP contribution in [0.3, 0.4) is 0 Å². The van der Waals surface area contributed by atoms with Crippen LogP contribution in [0.15, 0.2) is 0 Å². The molecule has 4 heteroatoms. The Morgan fingerprint density at radius 1 is 1.00 bits per heavy atom. The number of methoxy groups -OCH3 is 1. The van der Waals surface area contributed by atoms with Gasteiger partial charge >= 0.3 is 0 Å². The molecule has 0 aromatic heterocycles. The second-order valence-electron chi connectivity index (χ2n) is 5.21. The fraction of sp³-hybridized carbons (Fsp3) is 1.00. The summed E-state index contributed by atoms with van der Waals surface area (Å²) in [7, 11) is 1.72. The zero-order valence-corrected chi connectivity index (χ0v) is 12.7. The predicted molar refractivity (Wildman–Crippen MR) is 77.6 cm³/mol. The van der Waals surface area contributed by atoms with Crippen molar-refractivity contribution in [2.45, 2.75) is 45.1 Å². The molecule has 0 spiro atoms. The Morgan fingerprint density at radius 3 is 2.53 bits per heavy atom. The summed E-state index contributed by atoms with van der Waals surface area (Å²) in [6.45, 7) is 7.09. The number of hydrogen-bond acceptors (Lipinski definition) is 4. The van der Waals surface area contributed by atoms with Gasteiger partial charge in [-0.3, -0.25) is 0 Å². The van der Waals surface area contributed by atoms with E-state index in [4.69, 9.17) is 14.2 Å². The molecule has 114 valence electrons. The first kappa shape index (κ1) is 16.9. The largest absolute Gasteiger partial charge is 0.385 e. The first-order valence-corrected chi connectivity index (χ1v) is 7.76. The standard InChI is InChI=1S/C15H31NO3/c1-3-16-15-7-4-6-14(15)8-11-19-13-12-18-10-5-9-17-2/h14-16H,3-13H2,1-2H3. The summed E-state index contributed by atoms with van der Waals surface area (Å²) in [5.74, 6) is 0.808. The van der Waals surface area contributed by atoms with Crippen LogP contribution in [0.25, 0.3) is 0 Å². The van der Waals surface area contributed by atoms with Crippen molar-refractivity contribution in [1.29, 1.82) is 0 Å². The molecule has 0 heterocycles. The lowest BCUT2D eigenvalue weighted by molar-refractivity contribution is 0.0351. The Morgan fingerprint density at radius 2 is 1.79 bits per heavy atom. The summed E-state index contributed by atoms with van der Waals surface area (Å²) in [6, 6.07) is 0.721. The molecule has 1 saturated carbocycles. The summed E-state index contributed by atoms with van der Waals surface area (Å²) in [5, 5.41) is 3.58. The Kier molecular flexibility index (Phi) is 10.4. The average Bonchev–Trinajstić information content (AvgIpc) is 2.85. The van der Waals surface area contributed by atoms with Crippen molar-refractivity contribution in [3.8, 4) is 0 Å². The van der Waals surface area contributed by atoms with Crippen LogP contribution in [0.4, 0.5) is 0 Å². The van der Waals surface area contributed by atoms with Crippen LogP contribution in [-0.2, 0) is 14.2 Å². The van der Waals surface area contributed by atoms with Gasteiger partial charge in [0, 0.05) is 33.0 Å². The zero-order valence-electron chi connectivity index (χ0n) is 12.7. The minimum Gasteiger partial charge on any atom is -0.385 e. The smallest absolute Gasteiger partial charge is 0.0700 e. The molecule has 1 aliphatic carbocycles. The molecule has 2 atom stereocenters. The van der Waals surface area contributed by atoms with Gasteiger partial charge in [-0.05, 0) is 38.1 Å². The monoisotopic (exact) mass is 273 g/mol. The molecule has 0 aromatic rings. The summed E-state index contributed by atoms with van der Waals surface area (Å²) in [5.41, 5.74) is 0. The van der Waals surface area contributed by atoms with E-state index < -0.39 is 0 Å². The normalized spacial score (nSPS) is 23.1. The molecular formula is C15H31NO3. The van der Waals surface area contributed by atoms with Gasteiger partial charge in [0.25, 0.3) is 0 Å². The van der Waals surface area contributed by atoms with Gasteiger partial charge in [0.1, 0.15) is 0 Å². The summed E-state index contributed by atoms with van der Waals surface area (Å²) < 4.78 is 16.1. The highest BCUT2D eigenvalue weighted by atomic mass is 16.5. The van der Waals surface area contributed by atoms with Gasteiger partial charge in [-0.25, -0.2) is 0 Å². The molecule has 0 aromatic carbocycles. The van der Waals surface area contributed by atoms with Crippen LogP contribution in [0, 0.1) is 5.92 Å². The average molecular weight is 273 g/mol. The van der Waals surface area contributed by atoms with E-state index in [9.17, 15) is 0 Å². The number of rotatable bonds is 12. The molecule has 0 bridgehead atoms. The molecule has 2 unspecified atom stereocenters. The van der Waals surface area contributed by atoms with Gasteiger partial charge in [-0.15, -0.1) is 0 Å². The molecule has 1 fully saturated rings. The highest BCUT2D eigenvalue weighted by Crippen LogP contribution is 2.28.